The van der Waals surface area contributed by atoms with Gasteiger partial charge in [-0.1, -0.05) is 18.2 Å². The first-order valence-corrected chi connectivity index (χ1v) is 8.63. The molecule has 28 heavy (non-hydrogen) atoms. The molecule has 0 aliphatic carbocycles. The first-order valence-electron chi connectivity index (χ1n) is 8.63. The Hall–Kier alpha value is -3.10. The molecule has 0 aliphatic rings. The molecule has 1 aromatic carbocycles. The second kappa shape index (κ2) is 8.28. The van der Waals surface area contributed by atoms with Crippen LogP contribution in [0.4, 0.5) is 19.1 Å². The van der Waals surface area contributed by atoms with Gasteiger partial charge in [-0.15, -0.1) is 0 Å². The minimum absolute atomic E-state index is 0.105. The van der Waals surface area contributed by atoms with Gasteiger partial charge in [-0.05, 0) is 37.6 Å². The maximum atomic E-state index is 12.9. The number of hydrogen-bond acceptors (Lipinski definition) is 6. The third-order valence-corrected chi connectivity index (χ3v) is 3.62. The largest absolute Gasteiger partial charge is 0.467 e. The molecule has 0 aliphatic heterocycles. The highest BCUT2D eigenvalue weighted by Crippen LogP contribution is 2.30. The van der Waals surface area contributed by atoms with E-state index in [1.807, 2.05) is 13.8 Å². The number of alkyl halides is 3. The number of aromatic nitrogens is 3. The number of hydrogen-bond donors (Lipinski definition) is 1. The number of rotatable bonds is 7. The maximum absolute atomic E-state index is 12.9. The zero-order valence-corrected chi connectivity index (χ0v) is 15.3. The van der Waals surface area contributed by atoms with Crippen molar-refractivity contribution in [2.24, 2.45) is 0 Å². The molecule has 3 rings (SSSR count). The van der Waals surface area contributed by atoms with Gasteiger partial charge in [0.2, 0.25) is 5.95 Å². The Morgan fingerprint density at radius 1 is 1.11 bits per heavy atom. The molecule has 3 aromatic rings. The molecule has 0 amide bonds. The van der Waals surface area contributed by atoms with Crippen LogP contribution in [0.1, 0.15) is 36.6 Å². The Balaban J connectivity index is 1.83. The summed E-state index contributed by atoms with van der Waals surface area (Å²) >= 11 is 0. The van der Waals surface area contributed by atoms with Crippen molar-refractivity contribution < 1.29 is 22.3 Å². The summed E-state index contributed by atoms with van der Waals surface area (Å²) in [5, 5.41) is 3.01. The summed E-state index contributed by atoms with van der Waals surface area (Å²) in [5.74, 6) is 1.24. The fourth-order valence-corrected chi connectivity index (χ4v) is 2.44. The van der Waals surface area contributed by atoms with Gasteiger partial charge >= 0.3 is 12.2 Å². The summed E-state index contributed by atoms with van der Waals surface area (Å²) in [6, 6.07) is 8.73. The van der Waals surface area contributed by atoms with Crippen LogP contribution in [-0.2, 0) is 19.1 Å². The van der Waals surface area contributed by atoms with Crippen molar-refractivity contribution in [1.29, 1.82) is 0 Å². The first-order chi connectivity index (χ1) is 13.3. The lowest BCUT2D eigenvalue weighted by molar-refractivity contribution is -0.137. The van der Waals surface area contributed by atoms with Crippen LogP contribution >= 0.6 is 0 Å². The van der Waals surface area contributed by atoms with Crippen molar-refractivity contribution in [2.75, 3.05) is 5.32 Å². The van der Waals surface area contributed by atoms with E-state index < -0.39 is 11.7 Å². The molecular weight excluding hydrogens is 373 g/mol. The number of furan rings is 1. The topological polar surface area (TPSA) is 73.1 Å². The molecule has 0 unspecified atom stereocenters. The van der Waals surface area contributed by atoms with E-state index in [1.165, 1.54) is 6.07 Å². The number of anilines is 1. The lowest BCUT2D eigenvalue weighted by atomic mass is 10.1. The number of nitrogens with one attached hydrogen (secondary N) is 1. The smallest absolute Gasteiger partial charge is 0.416 e. The third kappa shape index (κ3) is 5.45. The van der Waals surface area contributed by atoms with Gasteiger partial charge in [-0.25, -0.2) is 0 Å². The van der Waals surface area contributed by atoms with Gasteiger partial charge in [0.15, 0.2) is 0 Å². The van der Waals surface area contributed by atoms with E-state index in [2.05, 4.69) is 20.3 Å². The molecule has 2 heterocycles. The lowest BCUT2D eigenvalue weighted by Crippen LogP contribution is -2.13. The Labute approximate surface area is 159 Å². The monoisotopic (exact) mass is 392 g/mol. The van der Waals surface area contributed by atoms with Gasteiger partial charge in [0.1, 0.15) is 11.6 Å². The van der Waals surface area contributed by atoms with E-state index >= 15 is 0 Å². The Morgan fingerprint density at radius 2 is 1.93 bits per heavy atom. The molecule has 0 fully saturated rings. The van der Waals surface area contributed by atoms with E-state index in [0.717, 1.165) is 12.1 Å². The van der Waals surface area contributed by atoms with E-state index in [1.54, 1.807) is 24.5 Å². The molecule has 0 spiro atoms. The zero-order chi connectivity index (χ0) is 20.1. The summed E-state index contributed by atoms with van der Waals surface area (Å²) in [5.41, 5.74) is -0.276. The predicted molar refractivity (Wildman–Crippen MR) is 95.9 cm³/mol. The van der Waals surface area contributed by atoms with Gasteiger partial charge in [0, 0.05) is 6.42 Å². The van der Waals surface area contributed by atoms with E-state index in [4.69, 9.17) is 9.15 Å². The standard InChI is InChI=1S/C19H19F3N4O2/c1-12(2)28-18-25-16(10-13-5-3-6-14(9-13)19(20,21)22)24-17(26-18)23-11-15-7-4-8-27-15/h3-9,12H,10-11H2,1-2H3,(H,23,24,25,26). The number of halogens is 3. The van der Waals surface area contributed by atoms with Gasteiger partial charge in [-0.2, -0.15) is 28.1 Å². The molecule has 0 radical (unpaired) electrons. The van der Waals surface area contributed by atoms with E-state index in [-0.39, 0.29) is 24.5 Å². The van der Waals surface area contributed by atoms with Crippen LogP contribution in [-0.4, -0.2) is 21.1 Å². The normalized spacial score (nSPS) is 11.6. The molecule has 0 atom stereocenters. The average molecular weight is 392 g/mol. The van der Waals surface area contributed by atoms with Crippen LogP contribution in [0.15, 0.2) is 47.1 Å². The highest BCUT2D eigenvalue weighted by Gasteiger charge is 2.30. The van der Waals surface area contributed by atoms with Crippen molar-refractivity contribution in [1.82, 2.24) is 15.0 Å². The molecule has 9 heteroatoms. The van der Waals surface area contributed by atoms with Crippen LogP contribution in [0.25, 0.3) is 0 Å². The molecule has 0 saturated carbocycles. The Kier molecular flexibility index (Phi) is 5.81. The summed E-state index contributed by atoms with van der Waals surface area (Å²) in [4.78, 5) is 12.7. The van der Waals surface area contributed by atoms with Crippen molar-refractivity contribution in [3.63, 3.8) is 0 Å². The Morgan fingerprint density at radius 3 is 2.61 bits per heavy atom. The number of benzene rings is 1. The van der Waals surface area contributed by atoms with Gasteiger partial charge in [0.25, 0.3) is 0 Å². The van der Waals surface area contributed by atoms with E-state index in [0.29, 0.717) is 23.7 Å². The molecule has 2 aromatic heterocycles. The quantitative estimate of drug-likeness (QED) is 0.639. The fourth-order valence-electron chi connectivity index (χ4n) is 2.44. The average Bonchev–Trinajstić information content (AvgIpc) is 3.12. The molecule has 0 saturated heterocycles. The number of nitrogens with zero attached hydrogens (tertiary/aromatic N) is 3. The van der Waals surface area contributed by atoms with Crippen molar-refractivity contribution in [3.05, 3.63) is 65.4 Å². The van der Waals surface area contributed by atoms with Crippen LogP contribution in [0, 0.1) is 0 Å². The zero-order valence-electron chi connectivity index (χ0n) is 15.3. The van der Waals surface area contributed by atoms with E-state index in [9.17, 15) is 13.2 Å². The minimum Gasteiger partial charge on any atom is -0.467 e. The second-order valence-corrected chi connectivity index (χ2v) is 6.33. The van der Waals surface area contributed by atoms with Crippen LogP contribution in [0.2, 0.25) is 0 Å². The third-order valence-electron chi connectivity index (χ3n) is 3.62. The lowest BCUT2D eigenvalue weighted by Gasteiger charge is -2.12. The van der Waals surface area contributed by atoms with Gasteiger partial charge in [-0.3, -0.25) is 0 Å². The summed E-state index contributed by atoms with van der Waals surface area (Å²) < 4.78 is 49.6. The molecule has 148 valence electrons. The predicted octanol–water partition coefficient (Wildman–Crippen LogP) is 4.47. The fraction of sp³-hybridized carbons (Fsp3) is 0.316. The molecule has 0 bridgehead atoms. The van der Waals surface area contributed by atoms with Gasteiger partial charge in [0.05, 0.1) is 24.5 Å². The van der Waals surface area contributed by atoms with Crippen molar-refractivity contribution in [2.45, 2.75) is 39.1 Å². The van der Waals surface area contributed by atoms with Crippen molar-refractivity contribution >= 4 is 5.95 Å². The molecule has 1 N–H and O–H groups in total. The van der Waals surface area contributed by atoms with Crippen LogP contribution < -0.4 is 10.1 Å². The maximum Gasteiger partial charge on any atom is 0.416 e. The summed E-state index contributed by atoms with van der Waals surface area (Å²) in [6.45, 7) is 4.00. The second-order valence-electron chi connectivity index (χ2n) is 6.33. The van der Waals surface area contributed by atoms with Crippen molar-refractivity contribution in [3.8, 4) is 6.01 Å². The van der Waals surface area contributed by atoms with Crippen LogP contribution in [0.3, 0.4) is 0 Å². The molecular formula is C19H19F3N4O2. The highest BCUT2D eigenvalue weighted by atomic mass is 19.4. The van der Waals surface area contributed by atoms with Gasteiger partial charge < -0.3 is 14.5 Å². The Bertz CT molecular complexity index is 912. The molecule has 6 nitrogen and oxygen atoms in total. The highest BCUT2D eigenvalue weighted by molar-refractivity contribution is 5.31. The van der Waals surface area contributed by atoms with Crippen LogP contribution in [0.5, 0.6) is 6.01 Å². The SMILES string of the molecule is CC(C)Oc1nc(Cc2cccc(C(F)(F)F)c2)nc(NCc2ccco2)n1. The summed E-state index contributed by atoms with van der Waals surface area (Å²) in [6.07, 6.45) is -2.91. The number of ether oxygens (including phenoxy) is 1. The first kappa shape index (κ1) is 19.7. The minimum atomic E-state index is -4.41. The summed E-state index contributed by atoms with van der Waals surface area (Å²) in [7, 11) is 0.